The van der Waals surface area contributed by atoms with Crippen LogP contribution in [0.1, 0.15) is 45.1 Å². The van der Waals surface area contributed by atoms with Gasteiger partial charge in [-0.25, -0.2) is 0 Å². The van der Waals surface area contributed by atoms with Crippen molar-refractivity contribution < 1.29 is 9.47 Å². The van der Waals surface area contributed by atoms with E-state index >= 15 is 0 Å². The highest BCUT2D eigenvalue weighted by atomic mass is 16.5. The third-order valence-electron chi connectivity index (χ3n) is 4.51. The van der Waals surface area contributed by atoms with Crippen LogP contribution in [0.25, 0.3) is 0 Å². The third-order valence-corrected chi connectivity index (χ3v) is 4.51. The monoisotopic (exact) mass is 291 g/mol. The van der Waals surface area contributed by atoms with E-state index in [-0.39, 0.29) is 5.41 Å². The van der Waals surface area contributed by atoms with Gasteiger partial charge in [0.2, 0.25) is 0 Å². The predicted octanol–water partition coefficient (Wildman–Crippen LogP) is 3.52. The minimum Gasteiger partial charge on any atom is -0.491 e. The highest BCUT2D eigenvalue weighted by Gasteiger charge is 2.37. The van der Waals surface area contributed by atoms with Crippen LogP contribution in [0.15, 0.2) is 24.3 Å². The first kappa shape index (κ1) is 16.3. The maximum Gasteiger partial charge on any atom is 0.123 e. The number of ether oxygens (including phenoxy) is 2. The molecule has 3 nitrogen and oxygen atoms in total. The van der Waals surface area contributed by atoms with Crippen LogP contribution in [-0.4, -0.2) is 32.9 Å². The molecule has 21 heavy (non-hydrogen) atoms. The molecular formula is C18H29NO2. The number of methoxy groups -OCH3 is 1. The fourth-order valence-electron chi connectivity index (χ4n) is 3.33. The van der Waals surface area contributed by atoms with Crippen molar-refractivity contribution >= 4 is 0 Å². The van der Waals surface area contributed by atoms with Gasteiger partial charge in [0, 0.05) is 18.7 Å². The second-order valence-electron chi connectivity index (χ2n) is 6.29. The predicted molar refractivity (Wildman–Crippen MR) is 87.1 cm³/mol. The van der Waals surface area contributed by atoms with Crippen molar-refractivity contribution in [2.75, 3.05) is 26.9 Å². The Labute approximate surface area is 129 Å². The number of hydrogen-bond donors (Lipinski definition) is 1. The Kier molecular flexibility index (Phi) is 6.07. The Morgan fingerprint density at radius 2 is 2.10 bits per heavy atom. The zero-order valence-corrected chi connectivity index (χ0v) is 13.7. The molecule has 0 bridgehead atoms. The van der Waals surface area contributed by atoms with Crippen LogP contribution in [0.5, 0.6) is 5.75 Å². The van der Waals surface area contributed by atoms with E-state index in [0.29, 0.717) is 19.3 Å². The minimum atomic E-state index is 0.217. The summed E-state index contributed by atoms with van der Waals surface area (Å²) < 4.78 is 11.0. The molecule has 0 radical (unpaired) electrons. The fraction of sp³-hybridized carbons (Fsp3) is 0.667. The lowest BCUT2D eigenvalue weighted by molar-refractivity contribution is 0.145. The molecule has 0 amide bonds. The highest BCUT2D eigenvalue weighted by molar-refractivity contribution is 5.40. The van der Waals surface area contributed by atoms with Crippen LogP contribution in [0, 0.1) is 0 Å². The first-order valence-electron chi connectivity index (χ1n) is 8.14. The molecule has 0 aliphatic heterocycles. The second-order valence-corrected chi connectivity index (χ2v) is 6.29. The van der Waals surface area contributed by atoms with Crippen molar-refractivity contribution in [2.45, 2.75) is 51.0 Å². The topological polar surface area (TPSA) is 30.5 Å². The summed E-state index contributed by atoms with van der Waals surface area (Å²) in [6.45, 7) is 6.96. The summed E-state index contributed by atoms with van der Waals surface area (Å²) in [5.74, 6) is 1.02. The summed E-state index contributed by atoms with van der Waals surface area (Å²) in [5, 5.41) is 3.67. The van der Waals surface area contributed by atoms with Gasteiger partial charge in [0.05, 0.1) is 6.61 Å². The molecule has 2 unspecified atom stereocenters. The number of hydrogen-bond acceptors (Lipinski definition) is 3. The van der Waals surface area contributed by atoms with E-state index in [1.165, 1.54) is 31.2 Å². The van der Waals surface area contributed by atoms with Gasteiger partial charge >= 0.3 is 0 Å². The molecule has 0 spiro atoms. The molecule has 1 N–H and O–H groups in total. The molecule has 1 aromatic rings. The number of benzene rings is 1. The van der Waals surface area contributed by atoms with E-state index in [1.807, 2.05) is 0 Å². The zero-order valence-electron chi connectivity index (χ0n) is 13.7. The average molecular weight is 291 g/mol. The van der Waals surface area contributed by atoms with Crippen LogP contribution in [0.2, 0.25) is 0 Å². The Balaban J connectivity index is 2.06. The summed E-state index contributed by atoms with van der Waals surface area (Å²) in [6, 6.07) is 9.13. The summed E-state index contributed by atoms with van der Waals surface area (Å²) in [7, 11) is 1.71. The fourth-order valence-corrected chi connectivity index (χ4v) is 3.33. The smallest absolute Gasteiger partial charge is 0.123 e. The van der Waals surface area contributed by atoms with E-state index in [4.69, 9.17) is 9.47 Å². The number of nitrogens with one attached hydrogen (secondary N) is 1. The molecule has 1 aromatic carbocycles. The lowest BCUT2D eigenvalue weighted by atomic mass is 9.80. The quantitative estimate of drug-likeness (QED) is 0.743. The van der Waals surface area contributed by atoms with Gasteiger partial charge in [-0.3, -0.25) is 0 Å². The van der Waals surface area contributed by atoms with Gasteiger partial charge in [-0.1, -0.05) is 32.0 Å². The van der Waals surface area contributed by atoms with Gasteiger partial charge in [-0.15, -0.1) is 0 Å². The van der Waals surface area contributed by atoms with E-state index < -0.39 is 0 Å². The maximum absolute atomic E-state index is 5.93. The van der Waals surface area contributed by atoms with Crippen LogP contribution < -0.4 is 10.1 Å². The van der Waals surface area contributed by atoms with Crippen LogP contribution in [-0.2, 0) is 10.2 Å². The first-order valence-corrected chi connectivity index (χ1v) is 8.14. The molecular weight excluding hydrogens is 262 g/mol. The highest BCUT2D eigenvalue weighted by Crippen LogP contribution is 2.44. The first-order chi connectivity index (χ1) is 10.2. The molecule has 1 aliphatic rings. The Morgan fingerprint density at radius 1 is 1.29 bits per heavy atom. The summed E-state index contributed by atoms with van der Waals surface area (Å²) in [5.41, 5.74) is 1.57. The van der Waals surface area contributed by atoms with Crippen LogP contribution in [0.3, 0.4) is 0 Å². The van der Waals surface area contributed by atoms with Crippen molar-refractivity contribution in [1.29, 1.82) is 0 Å². The summed E-state index contributed by atoms with van der Waals surface area (Å²) >= 11 is 0. The van der Waals surface area contributed by atoms with Crippen molar-refractivity contribution in [1.82, 2.24) is 5.32 Å². The molecule has 0 heterocycles. The van der Waals surface area contributed by atoms with Crippen molar-refractivity contribution in [2.24, 2.45) is 0 Å². The Morgan fingerprint density at radius 3 is 2.86 bits per heavy atom. The zero-order chi connectivity index (χ0) is 15.1. The standard InChI is InChI=1S/C18H29NO2/c1-4-11-19-15-9-10-18(2,14-15)16-7-5-6-8-17(16)21-13-12-20-3/h5-8,15,19H,4,9-14H2,1-3H3. The average Bonchev–Trinajstić information content (AvgIpc) is 2.88. The normalized spacial score (nSPS) is 25.2. The molecule has 1 fully saturated rings. The van der Waals surface area contributed by atoms with Crippen molar-refractivity contribution in [3.8, 4) is 5.75 Å². The summed E-state index contributed by atoms with van der Waals surface area (Å²) in [4.78, 5) is 0. The molecule has 3 heteroatoms. The van der Waals surface area contributed by atoms with Crippen molar-refractivity contribution in [3.05, 3.63) is 29.8 Å². The van der Waals surface area contributed by atoms with Gasteiger partial charge < -0.3 is 14.8 Å². The minimum absolute atomic E-state index is 0.217. The Hall–Kier alpha value is -1.06. The molecule has 118 valence electrons. The van der Waals surface area contributed by atoms with Gasteiger partial charge in [0.25, 0.3) is 0 Å². The van der Waals surface area contributed by atoms with Crippen LogP contribution >= 0.6 is 0 Å². The van der Waals surface area contributed by atoms with E-state index in [2.05, 4.69) is 43.4 Å². The van der Waals surface area contributed by atoms with Crippen LogP contribution in [0.4, 0.5) is 0 Å². The van der Waals surface area contributed by atoms with Crippen molar-refractivity contribution in [3.63, 3.8) is 0 Å². The molecule has 2 atom stereocenters. The van der Waals surface area contributed by atoms with Gasteiger partial charge in [-0.2, -0.15) is 0 Å². The van der Waals surface area contributed by atoms with E-state index in [1.54, 1.807) is 7.11 Å². The SMILES string of the molecule is CCCNC1CCC(C)(c2ccccc2OCCOC)C1. The maximum atomic E-state index is 5.93. The number of rotatable bonds is 8. The van der Waals surface area contributed by atoms with E-state index in [9.17, 15) is 0 Å². The molecule has 1 aliphatic carbocycles. The molecule has 2 rings (SSSR count). The third kappa shape index (κ3) is 4.21. The van der Waals surface area contributed by atoms with Gasteiger partial charge in [0.1, 0.15) is 12.4 Å². The van der Waals surface area contributed by atoms with Gasteiger partial charge in [-0.05, 0) is 43.7 Å². The number of para-hydroxylation sites is 1. The Bertz CT molecular complexity index is 435. The lowest BCUT2D eigenvalue weighted by Gasteiger charge is -2.27. The molecule has 0 saturated heterocycles. The van der Waals surface area contributed by atoms with E-state index in [0.717, 1.165) is 12.3 Å². The molecule has 0 aromatic heterocycles. The summed E-state index contributed by atoms with van der Waals surface area (Å²) in [6.07, 6.45) is 4.86. The molecule has 1 saturated carbocycles. The lowest BCUT2D eigenvalue weighted by Crippen LogP contribution is -2.29. The second kappa shape index (κ2) is 7.81. The van der Waals surface area contributed by atoms with Gasteiger partial charge in [0.15, 0.2) is 0 Å². The largest absolute Gasteiger partial charge is 0.491 e.